The van der Waals surface area contributed by atoms with Gasteiger partial charge in [0, 0.05) is 38.8 Å². The summed E-state index contributed by atoms with van der Waals surface area (Å²) in [5.41, 5.74) is 0.448. The van der Waals surface area contributed by atoms with Gasteiger partial charge in [0.05, 0.1) is 6.10 Å². The molecule has 0 aromatic carbocycles. The van der Waals surface area contributed by atoms with Gasteiger partial charge in [0.2, 0.25) is 0 Å². The largest absolute Gasteiger partial charge is 0.380 e. The van der Waals surface area contributed by atoms with Crippen molar-refractivity contribution in [2.45, 2.75) is 50.7 Å². The lowest BCUT2D eigenvalue weighted by Crippen LogP contribution is -2.63. The summed E-state index contributed by atoms with van der Waals surface area (Å²) >= 11 is 0. The molecular weight excluding hydrogens is 200 g/mol. The van der Waals surface area contributed by atoms with E-state index in [0.29, 0.717) is 11.6 Å². The number of nitrogens with zero attached hydrogens (tertiary/aromatic N) is 1. The maximum Gasteiger partial charge on any atom is 0.0670 e. The van der Waals surface area contributed by atoms with Crippen LogP contribution in [-0.4, -0.2) is 49.8 Å². The van der Waals surface area contributed by atoms with Crippen LogP contribution in [0.5, 0.6) is 0 Å². The first-order chi connectivity index (χ1) is 7.77. The van der Waals surface area contributed by atoms with E-state index in [9.17, 15) is 0 Å². The summed E-state index contributed by atoms with van der Waals surface area (Å²) in [5, 5.41) is 3.58. The normalized spacial score (nSPS) is 28.1. The average molecular weight is 226 g/mol. The van der Waals surface area contributed by atoms with Crippen LogP contribution in [0.2, 0.25) is 0 Å². The van der Waals surface area contributed by atoms with Gasteiger partial charge in [-0.2, -0.15) is 0 Å². The van der Waals surface area contributed by atoms with Crippen molar-refractivity contribution in [2.24, 2.45) is 0 Å². The van der Waals surface area contributed by atoms with Crippen LogP contribution < -0.4 is 5.32 Å². The highest BCUT2D eigenvalue weighted by Crippen LogP contribution is 2.34. The molecule has 1 atom stereocenters. The molecule has 16 heavy (non-hydrogen) atoms. The Morgan fingerprint density at radius 1 is 1.31 bits per heavy atom. The molecule has 0 aromatic rings. The number of ether oxygens (including phenoxy) is 1. The molecule has 1 spiro atoms. The fraction of sp³-hybridized carbons (Fsp3) is 1.00. The zero-order valence-electron chi connectivity index (χ0n) is 10.8. The van der Waals surface area contributed by atoms with E-state index in [-0.39, 0.29) is 0 Å². The van der Waals surface area contributed by atoms with Gasteiger partial charge in [-0.25, -0.2) is 0 Å². The van der Waals surface area contributed by atoms with E-state index in [2.05, 4.69) is 17.1 Å². The minimum Gasteiger partial charge on any atom is -0.380 e. The van der Waals surface area contributed by atoms with Gasteiger partial charge in [0.1, 0.15) is 0 Å². The van der Waals surface area contributed by atoms with Gasteiger partial charge in [-0.05, 0) is 19.8 Å². The number of rotatable bonds is 3. The first-order valence-corrected chi connectivity index (χ1v) is 6.75. The topological polar surface area (TPSA) is 24.5 Å². The van der Waals surface area contributed by atoms with Gasteiger partial charge in [0.15, 0.2) is 0 Å². The maximum atomic E-state index is 5.42. The van der Waals surface area contributed by atoms with Gasteiger partial charge < -0.3 is 10.1 Å². The Hall–Kier alpha value is -0.120. The summed E-state index contributed by atoms with van der Waals surface area (Å²) in [6.07, 6.45) is 7.33. The zero-order chi connectivity index (χ0) is 11.4. The van der Waals surface area contributed by atoms with Crippen molar-refractivity contribution in [1.29, 1.82) is 0 Å². The van der Waals surface area contributed by atoms with E-state index in [1.54, 1.807) is 0 Å². The number of methoxy groups -OCH3 is 1. The predicted molar refractivity (Wildman–Crippen MR) is 66.7 cm³/mol. The summed E-state index contributed by atoms with van der Waals surface area (Å²) in [7, 11) is 1.82. The summed E-state index contributed by atoms with van der Waals surface area (Å²) in [5.74, 6) is 0. The highest BCUT2D eigenvalue weighted by atomic mass is 16.5. The molecule has 0 radical (unpaired) electrons. The Labute approximate surface area is 99.5 Å². The molecule has 0 aromatic heterocycles. The minimum atomic E-state index is 0.358. The van der Waals surface area contributed by atoms with Crippen LogP contribution in [0.15, 0.2) is 0 Å². The van der Waals surface area contributed by atoms with Gasteiger partial charge in [-0.3, -0.25) is 4.90 Å². The Balaban J connectivity index is 2.00. The molecule has 1 saturated carbocycles. The predicted octanol–water partition coefficient (Wildman–Crippen LogP) is 1.63. The molecule has 2 aliphatic rings. The van der Waals surface area contributed by atoms with Crippen LogP contribution in [0.1, 0.15) is 39.0 Å². The quantitative estimate of drug-likeness (QED) is 0.791. The van der Waals surface area contributed by atoms with Crippen molar-refractivity contribution in [2.75, 3.05) is 33.3 Å². The van der Waals surface area contributed by atoms with Gasteiger partial charge in [0.25, 0.3) is 0 Å². The second-order valence-electron chi connectivity index (χ2n) is 5.45. The minimum absolute atomic E-state index is 0.358. The van der Waals surface area contributed by atoms with E-state index in [1.807, 2.05) is 7.11 Å². The van der Waals surface area contributed by atoms with Crippen LogP contribution >= 0.6 is 0 Å². The first-order valence-electron chi connectivity index (χ1n) is 6.75. The molecule has 0 bridgehead atoms. The standard InChI is InChI=1S/C13H26N2O/c1-12(16-2)10-15-9-8-14-11-13(15)6-4-3-5-7-13/h12,14H,3-11H2,1-2H3. The fourth-order valence-corrected chi connectivity index (χ4v) is 3.26. The van der Waals surface area contributed by atoms with Crippen LogP contribution in [0.3, 0.4) is 0 Å². The Kier molecular flexibility index (Phi) is 4.22. The molecule has 1 unspecified atom stereocenters. The molecule has 1 aliphatic carbocycles. The molecule has 94 valence electrons. The van der Waals surface area contributed by atoms with Crippen molar-refractivity contribution in [3.8, 4) is 0 Å². The Bertz CT molecular complexity index is 206. The molecule has 2 rings (SSSR count). The van der Waals surface area contributed by atoms with Crippen molar-refractivity contribution in [3.05, 3.63) is 0 Å². The molecule has 3 nitrogen and oxygen atoms in total. The van der Waals surface area contributed by atoms with Gasteiger partial charge in [-0.15, -0.1) is 0 Å². The molecule has 3 heteroatoms. The average Bonchev–Trinajstić information content (AvgIpc) is 2.33. The number of nitrogens with one attached hydrogen (secondary N) is 1. The van der Waals surface area contributed by atoms with Crippen LogP contribution in [0.4, 0.5) is 0 Å². The van der Waals surface area contributed by atoms with E-state index >= 15 is 0 Å². The third kappa shape index (κ3) is 2.58. The molecule has 1 heterocycles. The van der Waals surface area contributed by atoms with Gasteiger partial charge >= 0.3 is 0 Å². The van der Waals surface area contributed by atoms with Crippen molar-refractivity contribution in [1.82, 2.24) is 10.2 Å². The second-order valence-corrected chi connectivity index (χ2v) is 5.45. The molecule has 0 amide bonds. The summed E-state index contributed by atoms with van der Waals surface area (Å²) in [4.78, 5) is 2.69. The van der Waals surface area contributed by atoms with E-state index in [1.165, 1.54) is 45.2 Å². The Morgan fingerprint density at radius 3 is 2.75 bits per heavy atom. The molecule has 1 aliphatic heterocycles. The van der Waals surface area contributed by atoms with E-state index < -0.39 is 0 Å². The van der Waals surface area contributed by atoms with Crippen LogP contribution in [-0.2, 0) is 4.74 Å². The summed E-state index contributed by atoms with van der Waals surface area (Å²) in [6.45, 7) is 6.78. The number of piperazine rings is 1. The van der Waals surface area contributed by atoms with Gasteiger partial charge in [-0.1, -0.05) is 19.3 Å². The molecule has 1 N–H and O–H groups in total. The highest BCUT2D eigenvalue weighted by molar-refractivity contribution is 4.98. The van der Waals surface area contributed by atoms with Crippen molar-refractivity contribution < 1.29 is 4.74 Å². The van der Waals surface area contributed by atoms with E-state index in [4.69, 9.17) is 4.74 Å². The summed E-state index contributed by atoms with van der Waals surface area (Å²) in [6, 6.07) is 0. The SMILES string of the molecule is COC(C)CN1CCNCC12CCCCC2. The maximum absolute atomic E-state index is 5.42. The molecular formula is C13H26N2O. The van der Waals surface area contributed by atoms with Crippen LogP contribution in [0, 0.1) is 0 Å². The lowest BCUT2D eigenvalue weighted by atomic mass is 9.79. The second kappa shape index (κ2) is 5.48. The number of hydrogen-bond donors (Lipinski definition) is 1. The van der Waals surface area contributed by atoms with Crippen molar-refractivity contribution >= 4 is 0 Å². The summed E-state index contributed by atoms with van der Waals surface area (Å²) < 4.78 is 5.42. The molecule has 1 saturated heterocycles. The van der Waals surface area contributed by atoms with E-state index in [0.717, 1.165) is 13.1 Å². The monoisotopic (exact) mass is 226 g/mol. The zero-order valence-corrected chi connectivity index (χ0v) is 10.8. The lowest BCUT2D eigenvalue weighted by Gasteiger charge is -2.50. The third-order valence-corrected chi connectivity index (χ3v) is 4.35. The highest BCUT2D eigenvalue weighted by Gasteiger charge is 2.39. The third-order valence-electron chi connectivity index (χ3n) is 4.35. The van der Waals surface area contributed by atoms with Crippen LogP contribution in [0.25, 0.3) is 0 Å². The molecule has 2 fully saturated rings. The first kappa shape index (κ1) is 12.3. The Morgan fingerprint density at radius 2 is 2.06 bits per heavy atom. The lowest BCUT2D eigenvalue weighted by molar-refractivity contribution is -0.0138. The smallest absolute Gasteiger partial charge is 0.0670 e. The number of hydrogen-bond acceptors (Lipinski definition) is 3. The fourth-order valence-electron chi connectivity index (χ4n) is 3.26. The van der Waals surface area contributed by atoms with Crippen molar-refractivity contribution in [3.63, 3.8) is 0 Å².